The second-order valence-electron chi connectivity index (χ2n) is 4.14. The molecule has 1 saturated carbocycles. The topological polar surface area (TPSA) is 55.5 Å². The van der Waals surface area contributed by atoms with Crippen LogP contribution >= 0.6 is 11.6 Å². The highest BCUT2D eigenvalue weighted by atomic mass is 35.5. The Morgan fingerprint density at radius 2 is 2.25 bits per heavy atom. The van der Waals surface area contributed by atoms with Gasteiger partial charge < -0.3 is 15.6 Å². The molecule has 1 aromatic carbocycles. The first-order valence-corrected chi connectivity index (χ1v) is 5.91. The SMILES string of the molecule is NC(CO)c1cc(Cl)ccc1OC1CCC1. The lowest BCUT2D eigenvalue weighted by molar-refractivity contribution is 0.117. The molecule has 4 heteroatoms. The van der Waals surface area contributed by atoms with Crippen molar-refractivity contribution in [2.45, 2.75) is 31.4 Å². The maximum Gasteiger partial charge on any atom is 0.124 e. The molecule has 0 aromatic heterocycles. The van der Waals surface area contributed by atoms with Gasteiger partial charge in [0.25, 0.3) is 0 Å². The highest BCUT2D eigenvalue weighted by Gasteiger charge is 2.21. The van der Waals surface area contributed by atoms with Gasteiger partial charge in [-0.1, -0.05) is 11.6 Å². The maximum absolute atomic E-state index is 9.09. The molecule has 2 rings (SSSR count). The van der Waals surface area contributed by atoms with E-state index in [0.717, 1.165) is 24.2 Å². The minimum Gasteiger partial charge on any atom is -0.490 e. The summed E-state index contributed by atoms with van der Waals surface area (Å²) in [5, 5.41) is 9.70. The number of aliphatic hydroxyl groups is 1. The average Bonchev–Trinajstić information content (AvgIpc) is 2.23. The van der Waals surface area contributed by atoms with Crippen molar-refractivity contribution in [3.05, 3.63) is 28.8 Å². The van der Waals surface area contributed by atoms with Crippen LogP contribution in [0.15, 0.2) is 18.2 Å². The van der Waals surface area contributed by atoms with Gasteiger partial charge in [0.15, 0.2) is 0 Å². The van der Waals surface area contributed by atoms with Crippen molar-refractivity contribution in [1.82, 2.24) is 0 Å². The number of hydrogen-bond acceptors (Lipinski definition) is 3. The Hall–Kier alpha value is -0.770. The first-order chi connectivity index (χ1) is 7.70. The van der Waals surface area contributed by atoms with E-state index in [1.54, 1.807) is 12.1 Å². The Morgan fingerprint density at radius 1 is 1.50 bits per heavy atom. The van der Waals surface area contributed by atoms with Gasteiger partial charge >= 0.3 is 0 Å². The second kappa shape index (κ2) is 5.04. The number of hydrogen-bond donors (Lipinski definition) is 2. The average molecular weight is 242 g/mol. The van der Waals surface area contributed by atoms with E-state index in [4.69, 9.17) is 27.2 Å². The first kappa shape index (κ1) is 11.7. The minimum absolute atomic E-state index is 0.110. The lowest BCUT2D eigenvalue weighted by Crippen LogP contribution is -2.26. The lowest BCUT2D eigenvalue weighted by Gasteiger charge is -2.28. The van der Waals surface area contributed by atoms with Crippen molar-refractivity contribution in [2.24, 2.45) is 5.73 Å². The van der Waals surface area contributed by atoms with Crippen LogP contribution in [0.5, 0.6) is 5.75 Å². The predicted molar refractivity (Wildman–Crippen MR) is 63.7 cm³/mol. The largest absolute Gasteiger partial charge is 0.490 e. The molecule has 16 heavy (non-hydrogen) atoms. The highest BCUT2D eigenvalue weighted by Crippen LogP contribution is 2.31. The molecule has 3 nitrogen and oxygen atoms in total. The van der Waals surface area contributed by atoms with Gasteiger partial charge in [0.2, 0.25) is 0 Å². The third-order valence-corrected chi connectivity index (χ3v) is 3.15. The van der Waals surface area contributed by atoms with E-state index < -0.39 is 6.04 Å². The fraction of sp³-hybridized carbons (Fsp3) is 0.500. The summed E-state index contributed by atoms with van der Waals surface area (Å²) in [6, 6.07) is 4.93. The number of halogens is 1. The van der Waals surface area contributed by atoms with Crippen LogP contribution in [-0.2, 0) is 0 Å². The molecule has 1 fully saturated rings. The molecule has 0 heterocycles. The fourth-order valence-corrected chi connectivity index (χ4v) is 1.86. The van der Waals surface area contributed by atoms with Gasteiger partial charge in [0.05, 0.1) is 18.8 Å². The van der Waals surface area contributed by atoms with Crippen molar-refractivity contribution in [3.8, 4) is 5.75 Å². The lowest BCUT2D eigenvalue weighted by atomic mass is 9.96. The second-order valence-corrected chi connectivity index (χ2v) is 4.58. The Morgan fingerprint density at radius 3 is 2.81 bits per heavy atom. The molecule has 0 amide bonds. The summed E-state index contributed by atoms with van der Waals surface area (Å²) in [7, 11) is 0. The van der Waals surface area contributed by atoms with E-state index in [1.807, 2.05) is 6.07 Å². The minimum atomic E-state index is -0.436. The van der Waals surface area contributed by atoms with Gasteiger partial charge in [-0.3, -0.25) is 0 Å². The predicted octanol–water partition coefficient (Wildman–Crippen LogP) is 2.26. The van der Waals surface area contributed by atoms with E-state index in [0.29, 0.717) is 11.1 Å². The normalized spacial score (nSPS) is 17.9. The van der Waals surface area contributed by atoms with Crippen molar-refractivity contribution in [1.29, 1.82) is 0 Å². The summed E-state index contributed by atoms with van der Waals surface area (Å²) in [6.45, 7) is -0.110. The monoisotopic (exact) mass is 241 g/mol. The Balaban J connectivity index is 2.20. The molecule has 0 aliphatic heterocycles. The quantitative estimate of drug-likeness (QED) is 0.850. The number of rotatable bonds is 4. The summed E-state index contributed by atoms with van der Waals surface area (Å²) >= 11 is 5.91. The molecule has 0 radical (unpaired) electrons. The zero-order valence-corrected chi connectivity index (χ0v) is 9.78. The number of ether oxygens (including phenoxy) is 1. The van der Waals surface area contributed by atoms with Crippen molar-refractivity contribution in [3.63, 3.8) is 0 Å². The van der Waals surface area contributed by atoms with Crippen LogP contribution in [0.1, 0.15) is 30.9 Å². The van der Waals surface area contributed by atoms with Gasteiger partial charge in [-0.05, 0) is 37.5 Å². The number of benzene rings is 1. The van der Waals surface area contributed by atoms with Crippen LogP contribution in [-0.4, -0.2) is 17.8 Å². The van der Waals surface area contributed by atoms with Gasteiger partial charge in [-0.25, -0.2) is 0 Å². The molecule has 0 spiro atoms. The zero-order chi connectivity index (χ0) is 11.5. The third kappa shape index (κ3) is 2.48. The molecule has 88 valence electrons. The zero-order valence-electron chi connectivity index (χ0n) is 9.03. The molecule has 1 aliphatic carbocycles. The molecule has 3 N–H and O–H groups in total. The van der Waals surface area contributed by atoms with Crippen molar-refractivity contribution >= 4 is 11.6 Å². The van der Waals surface area contributed by atoms with Crippen molar-refractivity contribution < 1.29 is 9.84 Å². The molecule has 1 aliphatic rings. The Kier molecular flexibility index (Phi) is 3.69. The summed E-state index contributed by atoms with van der Waals surface area (Å²) in [5.41, 5.74) is 6.59. The number of aliphatic hydroxyl groups excluding tert-OH is 1. The van der Waals surface area contributed by atoms with E-state index in [-0.39, 0.29) is 6.61 Å². The molecule has 1 atom stereocenters. The van der Waals surface area contributed by atoms with Crippen LogP contribution < -0.4 is 10.5 Å². The molecular formula is C12H16ClNO2. The molecule has 0 bridgehead atoms. The van der Waals surface area contributed by atoms with E-state index in [2.05, 4.69) is 0 Å². The number of nitrogens with two attached hydrogens (primary N) is 1. The first-order valence-electron chi connectivity index (χ1n) is 5.53. The van der Waals surface area contributed by atoms with E-state index >= 15 is 0 Å². The van der Waals surface area contributed by atoms with Crippen LogP contribution in [0.4, 0.5) is 0 Å². The summed E-state index contributed by atoms with van der Waals surface area (Å²) in [5.74, 6) is 0.746. The molecule has 1 aromatic rings. The van der Waals surface area contributed by atoms with Crippen LogP contribution in [0, 0.1) is 0 Å². The van der Waals surface area contributed by atoms with E-state index in [1.165, 1.54) is 6.42 Å². The summed E-state index contributed by atoms with van der Waals surface area (Å²) < 4.78 is 5.81. The Labute approximate surface area is 100 Å². The standard InChI is InChI=1S/C12H16ClNO2/c13-8-4-5-12(16-9-2-1-3-9)10(6-8)11(14)7-15/h4-6,9,11,15H,1-3,7,14H2. The van der Waals surface area contributed by atoms with Crippen molar-refractivity contribution in [2.75, 3.05) is 6.61 Å². The van der Waals surface area contributed by atoms with Crippen LogP contribution in [0.2, 0.25) is 5.02 Å². The van der Waals surface area contributed by atoms with E-state index in [9.17, 15) is 0 Å². The van der Waals surface area contributed by atoms with Crippen LogP contribution in [0.3, 0.4) is 0 Å². The molecule has 1 unspecified atom stereocenters. The van der Waals surface area contributed by atoms with Gasteiger partial charge in [-0.2, -0.15) is 0 Å². The van der Waals surface area contributed by atoms with Crippen LogP contribution in [0.25, 0.3) is 0 Å². The van der Waals surface area contributed by atoms with Gasteiger partial charge in [-0.15, -0.1) is 0 Å². The summed E-state index contributed by atoms with van der Waals surface area (Å²) in [6.07, 6.45) is 3.71. The Bertz CT molecular complexity index is 366. The summed E-state index contributed by atoms with van der Waals surface area (Å²) in [4.78, 5) is 0. The highest BCUT2D eigenvalue weighted by molar-refractivity contribution is 6.30. The van der Waals surface area contributed by atoms with Gasteiger partial charge in [0, 0.05) is 10.6 Å². The van der Waals surface area contributed by atoms with Gasteiger partial charge in [0.1, 0.15) is 5.75 Å². The maximum atomic E-state index is 9.09. The fourth-order valence-electron chi connectivity index (χ4n) is 1.68. The molecule has 0 saturated heterocycles. The molecular weight excluding hydrogens is 226 g/mol. The third-order valence-electron chi connectivity index (χ3n) is 2.91. The smallest absolute Gasteiger partial charge is 0.124 e.